The molecule has 0 saturated heterocycles. The molecule has 0 heterocycles. The molecule has 0 aliphatic carbocycles. The predicted molar refractivity (Wildman–Crippen MR) is 135 cm³/mol. The van der Waals surface area contributed by atoms with Gasteiger partial charge in [0.1, 0.15) is 17.4 Å². The second-order valence-corrected chi connectivity index (χ2v) is 8.34. The molecule has 34 heavy (non-hydrogen) atoms. The molecule has 0 aromatic heterocycles. The van der Waals surface area contributed by atoms with Crippen LogP contribution < -0.4 is 15.4 Å². The number of nitrogens with zero attached hydrogens (tertiary/aromatic N) is 1. The summed E-state index contributed by atoms with van der Waals surface area (Å²) < 4.78 is 5.63. The molecule has 0 radical (unpaired) electrons. The highest BCUT2D eigenvalue weighted by Crippen LogP contribution is 2.27. The molecule has 0 spiro atoms. The summed E-state index contributed by atoms with van der Waals surface area (Å²) in [5, 5.41) is 16.0. The molecular formula is C25H18Cl3N3O3. The van der Waals surface area contributed by atoms with Gasteiger partial charge in [-0.15, -0.1) is 0 Å². The van der Waals surface area contributed by atoms with E-state index in [9.17, 15) is 14.9 Å². The molecular weight excluding hydrogens is 497 g/mol. The van der Waals surface area contributed by atoms with E-state index >= 15 is 0 Å². The summed E-state index contributed by atoms with van der Waals surface area (Å²) >= 11 is 18.2. The van der Waals surface area contributed by atoms with Gasteiger partial charge in [0.2, 0.25) is 0 Å². The molecule has 3 rings (SSSR count). The number of para-hydroxylation sites is 1. The number of aryl methyl sites for hydroxylation is 1. The Morgan fingerprint density at radius 1 is 1.00 bits per heavy atom. The highest BCUT2D eigenvalue weighted by atomic mass is 35.5. The van der Waals surface area contributed by atoms with Crippen molar-refractivity contribution in [2.45, 2.75) is 6.92 Å². The minimum absolute atomic E-state index is 0.203. The average molecular weight is 515 g/mol. The average Bonchev–Trinajstić information content (AvgIpc) is 2.80. The molecule has 0 saturated carbocycles. The van der Waals surface area contributed by atoms with E-state index in [2.05, 4.69) is 10.6 Å². The van der Waals surface area contributed by atoms with Crippen molar-refractivity contribution < 1.29 is 14.3 Å². The lowest BCUT2D eigenvalue weighted by atomic mass is 10.1. The van der Waals surface area contributed by atoms with Crippen LogP contribution in [0.25, 0.3) is 6.08 Å². The fourth-order valence-corrected chi connectivity index (χ4v) is 3.37. The first-order valence-corrected chi connectivity index (χ1v) is 11.1. The van der Waals surface area contributed by atoms with Gasteiger partial charge in [0.05, 0.1) is 10.7 Å². The van der Waals surface area contributed by atoms with Crippen LogP contribution in [0.1, 0.15) is 11.1 Å². The van der Waals surface area contributed by atoms with Gasteiger partial charge in [-0.2, -0.15) is 5.26 Å². The van der Waals surface area contributed by atoms with E-state index in [4.69, 9.17) is 39.5 Å². The van der Waals surface area contributed by atoms with Crippen molar-refractivity contribution in [2.24, 2.45) is 0 Å². The molecule has 0 fully saturated rings. The zero-order chi connectivity index (χ0) is 24.7. The Bertz CT molecular complexity index is 1320. The van der Waals surface area contributed by atoms with E-state index in [1.165, 1.54) is 12.1 Å². The Morgan fingerprint density at radius 3 is 2.47 bits per heavy atom. The molecule has 0 atom stereocenters. The molecule has 3 aromatic rings. The topological polar surface area (TPSA) is 91.2 Å². The summed E-state index contributed by atoms with van der Waals surface area (Å²) in [7, 11) is 0. The lowest BCUT2D eigenvalue weighted by molar-refractivity contribution is -0.118. The Kier molecular flexibility index (Phi) is 8.55. The SMILES string of the molecule is Cc1ccc(NC(=O)COc2ccc(Cl)cc2/C=C(\C#N)C(=O)Nc2ccccc2Cl)cc1Cl. The number of anilines is 2. The maximum Gasteiger partial charge on any atom is 0.266 e. The highest BCUT2D eigenvalue weighted by Gasteiger charge is 2.14. The van der Waals surface area contributed by atoms with Gasteiger partial charge in [-0.1, -0.05) is 53.0 Å². The quantitative estimate of drug-likeness (QED) is 0.277. The van der Waals surface area contributed by atoms with Gasteiger partial charge in [-0.3, -0.25) is 9.59 Å². The van der Waals surface area contributed by atoms with Gasteiger partial charge in [0.15, 0.2) is 6.61 Å². The fraction of sp³-hybridized carbons (Fsp3) is 0.0800. The summed E-state index contributed by atoms with van der Waals surface area (Å²) in [6.07, 6.45) is 1.32. The number of hydrogen-bond acceptors (Lipinski definition) is 4. The van der Waals surface area contributed by atoms with Crippen molar-refractivity contribution >= 4 is 64.1 Å². The molecule has 2 N–H and O–H groups in total. The summed E-state index contributed by atoms with van der Waals surface area (Å²) in [5.41, 5.74) is 1.94. The number of amides is 2. The van der Waals surface area contributed by atoms with E-state index in [-0.39, 0.29) is 17.9 Å². The Labute approximate surface area is 211 Å². The van der Waals surface area contributed by atoms with Crippen LogP contribution in [0.2, 0.25) is 15.1 Å². The number of carbonyl (C=O) groups excluding carboxylic acids is 2. The van der Waals surface area contributed by atoms with Crippen molar-refractivity contribution in [1.29, 1.82) is 5.26 Å². The zero-order valence-electron chi connectivity index (χ0n) is 17.9. The first kappa shape index (κ1) is 25.1. The number of hydrogen-bond donors (Lipinski definition) is 2. The minimum atomic E-state index is -0.657. The summed E-state index contributed by atoms with van der Waals surface area (Å²) in [6.45, 7) is 1.54. The van der Waals surface area contributed by atoms with Gasteiger partial charge in [-0.25, -0.2) is 0 Å². The van der Waals surface area contributed by atoms with Crippen molar-refractivity contribution in [2.75, 3.05) is 17.2 Å². The van der Waals surface area contributed by atoms with Crippen LogP contribution in [0.5, 0.6) is 5.75 Å². The van der Waals surface area contributed by atoms with Crippen molar-refractivity contribution in [1.82, 2.24) is 0 Å². The highest BCUT2D eigenvalue weighted by molar-refractivity contribution is 6.34. The predicted octanol–water partition coefficient (Wildman–Crippen LogP) is 6.52. The molecule has 0 bridgehead atoms. The molecule has 0 aliphatic rings. The number of benzene rings is 3. The smallest absolute Gasteiger partial charge is 0.266 e. The van der Waals surface area contributed by atoms with Gasteiger partial charge in [0.25, 0.3) is 11.8 Å². The van der Waals surface area contributed by atoms with Crippen molar-refractivity contribution in [3.05, 3.63) is 92.4 Å². The van der Waals surface area contributed by atoms with Crippen molar-refractivity contribution in [3.63, 3.8) is 0 Å². The molecule has 0 aliphatic heterocycles. The standard InChI is InChI=1S/C25H18Cl3N3O3/c1-15-6-8-19(12-21(15)28)30-24(32)14-34-23-9-7-18(26)11-16(23)10-17(13-29)25(33)31-22-5-3-2-4-20(22)27/h2-12H,14H2,1H3,(H,30,32)(H,31,33)/b17-10+. The van der Waals surface area contributed by atoms with Crippen LogP contribution in [-0.4, -0.2) is 18.4 Å². The number of rotatable bonds is 7. The van der Waals surface area contributed by atoms with E-state index in [1.807, 2.05) is 13.0 Å². The number of ether oxygens (including phenoxy) is 1. The summed E-state index contributed by atoms with van der Waals surface area (Å²) in [6, 6.07) is 18.3. The minimum Gasteiger partial charge on any atom is -0.483 e. The van der Waals surface area contributed by atoms with Gasteiger partial charge >= 0.3 is 0 Å². The third-order valence-electron chi connectivity index (χ3n) is 4.57. The van der Waals surface area contributed by atoms with Crippen LogP contribution in [-0.2, 0) is 9.59 Å². The largest absolute Gasteiger partial charge is 0.483 e. The Hall–Kier alpha value is -3.50. The lowest BCUT2D eigenvalue weighted by Crippen LogP contribution is -2.20. The zero-order valence-corrected chi connectivity index (χ0v) is 20.1. The van der Waals surface area contributed by atoms with Crippen LogP contribution in [0.3, 0.4) is 0 Å². The summed E-state index contributed by atoms with van der Waals surface area (Å²) in [5.74, 6) is -0.808. The van der Waals surface area contributed by atoms with Crippen LogP contribution >= 0.6 is 34.8 Å². The number of nitrogens with one attached hydrogen (secondary N) is 2. The first-order valence-electron chi connectivity index (χ1n) is 9.93. The normalized spacial score (nSPS) is 10.9. The first-order chi connectivity index (χ1) is 16.3. The van der Waals surface area contributed by atoms with E-state index in [0.717, 1.165) is 5.56 Å². The Morgan fingerprint density at radius 2 is 1.76 bits per heavy atom. The molecule has 0 unspecified atom stereocenters. The molecule has 3 aromatic carbocycles. The van der Waals surface area contributed by atoms with Crippen LogP contribution in [0.15, 0.2) is 66.2 Å². The molecule has 9 heteroatoms. The number of nitriles is 1. The van der Waals surface area contributed by atoms with E-state index in [1.54, 1.807) is 54.6 Å². The summed E-state index contributed by atoms with van der Waals surface area (Å²) in [4.78, 5) is 24.9. The monoisotopic (exact) mass is 513 g/mol. The number of halogens is 3. The van der Waals surface area contributed by atoms with E-state index < -0.39 is 11.8 Å². The van der Waals surface area contributed by atoms with Gasteiger partial charge < -0.3 is 15.4 Å². The third kappa shape index (κ3) is 6.75. The molecule has 172 valence electrons. The molecule has 6 nitrogen and oxygen atoms in total. The second-order valence-electron chi connectivity index (χ2n) is 7.09. The van der Waals surface area contributed by atoms with E-state index in [0.29, 0.717) is 32.0 Å². The van der Waals surface area contributed by atoms with Gasteiger partial charge in [-0.05, 0) is 61.0 Å². The van der Waals surface area contributed by atoms with Crippen LogP contribution in [0.4, 0.5) is 11.4 Å². The second kappa shape index (κ2) is 11.6. The Balaban J connectivity index is 1.75. The molecule has 2 amide bonds. The third-order valence-corrected chi connectivity index (χ3v) is 5.55. The van der Waals surface area contributed by atoms with Crippen LogP contribution in [0, 0.1) is 18.3 Å². The van der Waals surface area contributed by atoms with Gasteiger partial charge in [0, 0.05) is 21.3 Å². The fourth-order valence-electron chi connectivity index (χ4n) is 2.83. The lowest BCUT2D eigenvalue weighted by Gasteiger charge is -2.11. The maximum atomic E-state index is 12.6. The van der Waals surface area contributed by atoms with Crippen molar-refractivity contribution in [3.8, 4) is 11.8 Å². The maximum absolute atomic E-state index is 12.6. The number of carbonyl (C=O) groups is 2.